The van der Waals surface area contributed by atoms with Gasteiger partial charge >= 0.3 is 0 Å². The van der Waals surface area contributed by atoms with Crippen LogP contribution in [0.25, 0.3) is 10.6 Å². The summed E-state index contributed by atoms with van der Waals surface area (Å²) in [7, 11) is -6.84. The lowest BCUT2D eigenvalue weighted by atomic mass is 10.3. The number of hydrogen-bond acceptors (Lipinski definition) is 7. The van der Waals surface area contributed by atoms with Crippen molar-refractivity contribution in [2.24, 2.45) is 0 Å². The van der Waals surface area contributed by atoms with Gasteiger partial charge in [-0.3, -0.25) is 0 Å². The van der Waals surface area contributed by atoms with Crippen LogP contribution in [0, 0.1) is 6.92 Å². The molecule has 0 radical (unpaired) electrons. The fourth-order valence-corrected chi connectivity index (χ4v) is 8.39. The molecule has 3 heterocycles. The number of sulfone groups is 1. The summed E-state index contributed by atoms with van der Waals surface area (Å²) in [6.45, 7) is 3.89. The van der Waals surface area contributed by atoms with Gasteiger partial charge in [0.1, 0.15) is 4.21 Å². The third-order valence-corrected chi connectivity index (χ3v) is 10.1. The lowest BCUT2D eigenvalue weighted by molar-refractivity contribution is 0.355. The second kappa shape index (κ2) is 6.49. The van der Waals surface area contributed by atoms with Gasteiger partial charge in [0.25, 0.3) is 10.0 Å². The summed E-state index contributed by atoms with van der Waals surface area (Å²) in [6.07, 6.45) is 0.360. The summed E-state index contributed by atoms with van der Waals surface area (Å²) >= 11 is 2.69. The first-order chi connectivity index (χ1) is 11.2. The van der Waals surface area contributed by atoms with Crippen molar-refractivity contribution in [1.82, 2.24) is 9.29 Å². The Hall–Kier alpha value is -0.810. The molecule has 6 nitrogen and oxygen atoms in total. The highest BCUT2D eigenvalue weighted by atomic mass is 32.2. The van der Waals surface area contributed by atoms with Gasteiger partial charge in [-0.2, -0.15) is 4.31 Å². The van der Waals surface area contributed by atoms with Gasteiger partial charge in [-0.25, -0.2) is 21.8 Å². The Morgan fingerprint density at radius 2 is 2.12 bits per heavy atom. The Bertz CT molecular complexity index is 943. The molecule has 132 valence electrons. The number of nitrogens with zero attached hydrogens (tertiary/aromatic N) is 2. The van der Waals surface area contributed by atoms with Crippen molar-refractivity contribution in [3.8, 4) is 10.6 Å². The van der Waals surface area contributed by atoms with E-state index in [0.29, 0.717) is 6.42 Å². The molecular formula is C14H18N2O4S4. The zero-order chi connectivity index (χ0) is 17.5. The molecule has 1 aliphatic heterocycles. The van der Waals surface area contributed by atoms with E-state index in [1.54, 1.807) is 19.1 Å². The largest absolute Gasteiger partial charge is 0.252 e. The van der Waals surface area contributed by atoms with Gasteiger partial charge in [0.05, 0.1) is 27.1 Å². The van der Waals surface area contributed by atoms with Crippen molar-refractivity contribution >= 4 is 42.5 Å². The van der Waals surface area contributed by atoms with Gasteiger partial charge in [-0.05, 0) is 25.5 Å². The van der Waals surface area contributed by atoms with Crippen LogP contribution in [0.3, 0.4) is 0 Å². The molecule has 1 saturated heterocycles. The molecule has 0 saturated carbocycles. The first kappa shape index (κ1) is 18.0. The van der Waals surface area contributed by atoms with Crippen LogP contribution >= 0.6 is 22.7 Å². The smallest absolute Gasteiger partial charge is 0.241 e. The quantitative estimate of drug-likeness (QED) is 0.761. The Morgan fingerprint density at radius 3 is 2.67 bits per heavy atom. The van der Waals surface area contributed by atoms with E-state index in [0.717, 1.165) is 15.6 Å². The summed E-state index contributed by atoms with van der Waals surface area (Å²) in [5.74, 6) is -0.0406. The minimum Gasteiger partial charge on any atom is -0.241 e. The highest BCUT2D eigenvalue weighted by Gasteiger charge is 2.38. The van der Waals surface area contributed by atoms with E-state index in [2.05, 4.69) is 4.98 Å². The maximum Gasteiger partial charge on any atom is 0.252 e. The zero-order valence-electron chi connectivity index (χ0n) is 13.3. The minimum atomic E-state index is -3.70. The van der Waals surface area contributed by atoms with E-state index in [4.69, 9.17) is 0 Å². The number of aryl methyl sites for hydroxylation is 1. The highest BCUT2D eigenvalue weighted by molar-refractivity contribution is 7.92. The van der Waals surface area contributed by atoms with Crippen molar-refractivity contribution in [3.05, 3.63) is 22.5 Å². The van der Waals surface area contributed by atoms with Gasteiger partial charge in [0.15, 0.2) is 9.84 Å². The summed E-state index contributed by atoms with van der Waals surface area (Å²) in [5, 5.41) is 2.83. The van der Waals surface area contributed by atoms with E-state index in [9.17, 15) is 16.8 Å². The van der Waals surface area contributed by atoms with E-state index >= 15 is 0 Å². The first-order valence-corrected chi connectivity index (χ1v) is 12.4. The molecule has 2 aromatic heterocycles. The Kier molecular flexibility index (Phi) is 4.86. The molecule has 0 aromatic carbocycles. The van der Waals surface area contributed by atoms with Crippen LogP contribution in [0.2, 0.25) is 0 Å². The van der Waals surface area contributed by atoms with Crippen molar-refractivity contribution in [2.75, 3.05) is 18.1 Å². The summed E-state index contributed by atoms with van der Waals surface area (Å²) in [6, 6.07) is 2.86. The predicted molar refractivity (Wildman–Crippen MR) is 96.8 cm³/mol. The van der Waals surface area contributed by atoms with Crippen molar-refractivity contribution in [3.63, 3.8) is 0 Å². The van der Waals surface area contributed by atoms with Gasteiger partial charge < -0.3 is 0 Å². The van der Waals surface area contributed by atoms with Gasteiger partial charge in [0.2, 0.25) is 0 Å². The number of hydrogen-bond donors (Lipinski definition) is 0. The van der Waals surface area contributed by atoms with Crippen molar-refractivity contribution < 1.29 is 16.8 Å². The number of thiophene rings is 1. The van der Waals surface area contributed by atoms with Crippen LogP contribution in [0.4, 0.5) is 0 Å². The van der Waals surface area contributed by atoms with Crippen molar-refractivity contribution in [2.45, 2.75) is 30.5 Å². The molecule has 24 heavy (non-hydrogen) atoms. The van der Waals surface area contributed by atoms with Gasteiger partial charge in [-0.15, -0.1) is 22.7 Å². The Morgan fingerprint density at radius 1 is 1.38 bits per heavy atom. The SMILES string of the molecule is CCN(C1CCS(=O)(=O)C1)S(=O)(=O)c1ccc(-c2csc(C)n2)s1. The Balaban J connectivity index is 1.91. The highest BCUT2D eigenvalue weighted by Crippen LogP contribution is 2.34. The van der Waals surface area contributed by atoms with Crippen LogP contribution < -0.4 is 0 Å². The van der Waals surface area contributed by atoms with Crippen LogP contribution in [0.1, 0.15) is 18.4 Å². The first-order valence-electron chi connectivity index (χ1n) is 7.47. The molecule has 1 fully saturated rings. The van der Waals surface area contributed by atoms with E-state index in [-0.39, 0.29) is 22.3 Å². The normalized spacial score (nSPS) is 20.7. The molecule has 0 spiro atoms. The lowest BCUT2D eigenvalue weighted by Crippen LogP contribution is -2.40. The minimum absolute atomic E-state index is 0.0531. The second-order valence-electron chi connectivity index (χ2n) is 5.64. The average Bonchev–Trinajstić information content (AvgIpc) is 3.19. The van der Waals surface area contributed by atoms with Crippen LogP contribution in [-0.4, -0.2) is 50.2 Å². The summed E-state index contributed by atoms with van der Waals surface area (Å²) < 4.78 is 50.8. The number of aromatic nitrogens is 1. The molecule has 0 bridgehead atoms. The summed E-state index contributed by atoms with van der Waals surface area (Å²) in [4.78, 5) is 5.18. The average molecular weight is 407 g/mol. The van der Waals surface area contributed by atoms with E-state index in [1.807, 2.05) is 12.3 Å². The van der Waals surface area contributed by atoms with Crippen LogP contribution in [0.5, 0.6) is 0 Å². The fourth-order valence-electron chi connectivity index (χ4n) is 2.82. The Labute approximate surface area is 150 Å². The molecule has 0 aliphatic carbocycles. The van der Waals surface area contributed by atoms with Crippen LogP contribution in [-0.2, 0) is 19.9 Å². The molecule has 2 aromatic rings. The molecule has 1 unspecified atom stereocenters. The van der Waals surface area contributed by atoms with Gasteiger partial charge in [-0.1, -0.05) is 6.92 Å². The third-order valence-electron chi connectivity index (χ3n) is 3.94. The monoisotopic (exact) mass is 406 g/mol. The second-order valence-corrected chi connectivity index (χ2v) is 12.1. The maximum atomic E-state index is 12.9. The topological polar surface area (TPSA) is 84.4 Å². The molecule has 10 heteroatoms. The molecule has 3 rings (SSSR count). The number of rotatable bonds is 5. The number of sulfonamides is 1. The predicted octanol–water partition coefficient (Wildman–Crippen LogP) is 2.38. The van der Waals surface area contributed by atoms with E-state index < -0.39 is 25.9 Å². The molecular weight excluding hydrogens is 388 g/mol. The fraction of sp³-hybridized carbons (Fsp3) is 0.500. The lowest BCUT2D eigenvalue weighted by Gasteiger charge is -2.25. The zero-order valence-corrected chi connectivity index (χ0v) is 16.6. The summed E-state index contributed by atoms with van der Waals surface area (Å²) in [5.41, 5.74) is 0.774. The molecule has 1 atom stereocenters. The number of thiazole rings is 1. The van der Waals surface area contributed by atoms with Crippen LogP contribution in [0.15, 0.2) is 21.7 Å². The maximum absolute atomic E-state index is 12.9. The molecule has 1 aliphatic rings. The third kappa shape index (κ3) is 3.43. The van der Waals surface area contributed by atoms with Crippen molar-refractivity contribution in [1.29, 1.82) is 0 Å². The van der Waals surface area contributed by atoms with Gasteiger partial charge in [0, 0.05) is 18.0 Å². The molecule has 0 amide bonds. The molecule has 0 N–H and O–H groups in total. The standard InChI is InChI=1S/C14H18N2O4S4/c1-3-16(11-6-7-23(17,18)9-11)24(19,20)14-5-4-13(22-14)12-8-21-10(2)15-12/h4-5,8,11H,3,6-7,9H2,1-2H3. The van der Waals surface area contributed by atoms with E-state index in [1.165, 1.54) is 27.0 Å².